The van der Waals surface area contributed by atoms with E-state index in [2.05, 4.69) is 4.98 Å². The maximum Gasteiger partial charge on any atom is 0.0960 e. The molecule has 0 spiro atoms. The van der Waals surface area contributed by atoms with Crippen LogP contribution in [0.1, 0.15) is 23.2 Å². The van der Waals surface area contributed by atoms with E-state index in [1.807, 2.05) is 30.5 Å². The number of thiazole rings is 1. The summed E-state index contributed by atoms with van der Waals surface area (Å²) in [6.45, 7) is 3.72. The van der Waals surface area contributed by atoms with Crippen molar-refractivity contribution in [1.29, 1.82) is 0 Å². The van der Waals surface area contributed by atoms with Crippen LogP contribution in [0.4, 0.5) is 0 Å². The minimum atomic E-state index is -0.983. The maximum atomic E-state index is 10.5. The molecule has 0 aliphatic carbocycles. The fraction of sp³-hybridized carbons (Fsp3) is 0.308. The van der Waals surface area contributed by atoms with Crippen LogP contribution in [-0.4, -0.2) is 10.1 Å². The lowest BCUT2D eigenvalue weighted by Crippen LogP contribution is -2.24. The van der Waals surface area contributed by atoms with Crippen molar-refractivity contribution in [2.24, 2.45) is 0 Å². The molecule has 17 heavy (non-hydrogen) atoms. The van der Waals surface area contributed by atoms with Crippen LogP contribution >= 0.6 is 22.9 Å². The van der Waals surface area contributed by atoms with Crippen LogP contribution in [0.3, 0.4) is 0 Å². The zero-order valence-corrected chi connectivity index (χ0v) is 11.3. The Kier molecular flexibility index (Phi) is 3.52. The van der Waals surface area contributed by atoms with Crippen molar-refractivity contribution in [3.05, 3.63) is 50.9 Å². The Bertz CT molecular complexity index is 522. The Morgan fingerprint density at radius 2 is 2.12 bits per heavy atom. The summed E-state index contributed by atoms with van der Waals surface area (Å²) in [6, 6.07) is 7.37. The fourth-order valence-corrected chi connectivity index (χ4v) is 3.03. The van der Waals surface area contributed by atoms with E-state index in [4.69, 9.17) is 11.6 Å². The Balaban J connectivity index is 2.27. The molecule has 0 aliphatic heterocycles. The average Bonchev–Trinajstić information content (AvgIpc) is 2.63. The summed E-state index contributed by atoms with van der Waals surface area (Å²) in [4.78, 5) is 4.37. The summed E-state index contributed by atoms with van der Waals surface area (Å²) in [5.41, 5.74) is 0.748. The van der Waals surface area contributed by atoms with Crippen molar-refractivity contribution in [2.75, 3.05) is 0 Å². The van der Waals surface area contributed by atoms with Crippen molar-refractivity contribution in [1.82, 2.24) is 4.98 Å². The van der Waals surface area contributed by atoms with Gasteiger partial charge in [-0.2, -0.15) is 0 Å². The monoisotopic (exact) mass is 267 g/mol. The second-order valence-electron chi connectivity index (χ2n) is 4.31. The summed E-state index contributed by atoms with van der Waals surface area (Å²) < 4.78 is 0. The molecule has 90 valence electrons. The number of nitrogens with zero attached hydrogens (tertiary/aromatic N) is 1. The maximum absolute atomic E-state index is 10.5. The van der Waals surface area contributed by atoms with Crippen LogP contribution in [0.5, 0.6) is 0 Å². The third-order valence-electron chi connectivity index (χ3n) is 2.62. The number of aliphatic hydroxyl groups is 1. The molecule has 1 aromatic heterocycles. The predicted octanol–water partition coefficient (Wildman–Crippen LogP) is 3.56. The third kappa shape index (κ3) is 2.86. The van der Waals surface area contributed by atoms with Gasteiger partial charge in [0.2, 0.25) is 0 Å². The highest BCUT2D eigenvalue weighted by Crippen LogP contribution is 2.31. The fourth-order valence-electron chi connectivity index (χ4n) is 1.77. The smallest absolute Gasteiger partial charge is 0.0960 e. The molecule has 4 heteroatoms. The van der Waals surface area contributed by atoms with E-state index in [9.17, 15) is 5.11 Å². The molecule has 0 bridgehead atoms. The van der Waals surface area contributed by atoms with Crippen LogP contribution in [0.2, 0.25) is 5.02 Å². The van der Waals surface area contributed by atoms with Crippen molar-refractivity contribution >= 4 is 22.9 Å². The van der Waals surface area contributed by atoms with Gasteiger partial charge in [0, 0.05) is 28.1 Å². The second kappa shape index (κ2) is 4.77. The quantitative estimate of drug-likeness (QED) is 0.923. The van der Waals surface area contributed by atoms with E-state index in [1.54, 1.807) is 24.3 Å². The van der Waals surface area contributed by atoms with Gasteiger partial charge in [-0.3, -0.25) is 0 Å². The minimum Gasteiger partial charge on any atom is -0.385 e. The van der Waals surface area contributed by atoms with Crippen molar-refractivity contribution in [3.63, 3.8) is 0 Å². The van der Waals surface area contributed by atoms with E-state index in [1.165, 1.54) is 0 Å². The van der Waals surface area contributed by atoms with Gasteiger partial charge in [0.05, 0.1) is 10.6 Å². The zero-order valence-electron chi connectivity index (χ0n) is 9.77. The average molecular weight is 268 g/mol. The lowest BCUT2D eigenvalue weighted by Gasteiger charge is -2.23. The number of benzene rings is 1. The predicted molar refractivity (Wildman–Crippen MR) is 71.6 cm³/mol. The summed E-state index contributed by atoms with van der Waals surface area (Å²) in [7, 11) is 0. The number of rotatable bonds is 3. The van der Waals surface area contributed by atoms with Crippen LogP contribution in [0.25, 0.3) is 0 Å². The largest absolute Gasteiger partial charge is 0.385 e. The lowest BCUT2D eigenvalue weighted by molar-refractivity contribution is 0.0576. The molecular formula is C13H14ClNOS. The molecule has 1 aromatic carbocycles. The molecule has 1 unspecified atom stereocenters. The SMILES string of the molecule is Cc1csc(CC(C)(O)c2ccccc2Cl)n1. The van der Waals surface area contributed by atoms with Crippen LogP contribution in [0.15, 0.2) is 29.6 Å². The number of hydrogen-bond acceptors (Lipinski definition) is 3. The van der Waals surface area contributed by atoms with Crippen LogP contribution < -0.4 is 0 Å². The van der Waals surface area contributed by atoms with E-state index in [0.29, 0.717) is 11.4 Å². The third-order valence-corrected chi connectivity index (χ3v) is 3.91. The molecule has 0 radical (unpaired) electrons. The molecule has 0 saturated heterocycles. The Morgan fingerprint density at radius 1 is 1.41 bits per heavy atom. The van der Waals surface area contributed by atoms with Gasteiger partial charge in [-0.05, 0) is 19.9 Å². The highest BCUT2D eigenvalue weighted by molar-refractivity contribution is 7.09. The van der Waals surface area contributed by atoms with E-state index in [0.717, 1.165) is 16.3 Å². The van der Waals surface area contributed by atoms with Crippen molar-refractivity contribution in [3.8, 4) is 0 Å². The van der Waals surface area contributed by atoms with Crippen molar-refractivity contribution in [2.45, 2.75) is 25.9 Å². The van der Waals surface area contributed by atoms with Gasteiger partial charge in [0.15, 0.2) is 0 Å². The molecule has 0 aliphatic rings. The van der Waals surface area contributed by atoms with Gasteiger partial charge in [0.1, 0.15) is 0 Å². The molecule has 1 heterocycles. The Hall–Kier alpha value is -0.900. The standard InChI is InChI=1S/C13H14ClNOS/c1-9-8-17-12(15-9)7-13(2,16)10-5-3-4-6-11(10)14/h3-6,8,16H,7H2,1-2H3. The van der Waals surface area contributed by atoms with Gasteiger partial charge in [-0.1, -0.05) is 29.8 Å². The molecule has 2 aromatic rings. The number of hydrogen-bond donors (Lipinski definition) is 1. The first-order chi connectivity index (χ1) is 7.99. The second-order valence-corrected chi connectivity index (χ2v) is 5.66. The van der Waals surface area contributed by atoms with Gasteiger partial charge < -0.3 is 5.11 Å². The molecular weight excluding hydrogens is 254 g/mol. The molecule has 1 N–H and O–H groups in total. The molecule has 2 nitrogen and oxygen atoms in total. The highest BCUT2D eigenvalue weighted by atomic mass is 35.5. The summed E-state index contributed by atoms with van der Waals surface area (Å²) in [5.74, 6) is 0. The summed E-state index contributed by atoms with van der Waals surface area (Å²) in [6.07, 6.45) is 0.481. The number of aryl methyl sites for hydroxylation is 1. The van der Waals surface area contributed by atoms with E-state index in [-0.39, 0.29) is 0 Å². The summed E-state index contributed by atoms with van der Waals surface area (Å²) >= 11 is 7.67. The van der Waals surface area contributed by atoms with Crippen molar-refractivity contribution < 1.29 is 5.11 Å². The normalized spacial score (nSPS) is 14.6. The molecule has 0 saturated carbocycles. The van der Waals surface area contributed by atoms with Gasteiger partial charge in [-0.25, -0.2) is 4.98 Å². The number of aromatic nitrogens is 1. The van der Waals surface area contributed by atoms with Crippen LogP contribution in [-0.2, 0) is 12.0 Å². The van der Waals surface area contributed by atoms with E-state index >= 15 is 0 Å². The lowest BCUT2D eigenvalue weighted by atomic mass is 9.93. The molecule has 0 fully saturated rings. The molecule has 2 rings (SSSR count). The van der Waals surface area contributed by atoms with Gasteiger partial charge in [0.25, 0.3) is 0 Å². The molecule has 1 atom stereocenters. The van der Waals surface area contributed by atoms with Crippen LogP contribution in [0, 0.1) is 6.92 Å². The Labute approximate surface area is 110 Å². The first-order valence-corrected chi connectivity index (χ1v) is 6.63. The van der Waals surface area contributed by atoms with Gasteiger partial charge >= 0.3 is 0 Å². The zero-order chi connectivity index (χ0) is 12.5. The number of halogens is 1. The van der Waals surface area contributed by atoms with E-state index < -0.39 is 5.60 Å². The first kappa shape index (κ1) is 12.6. The topological polar surface area (TPSA) is 33.1 Å². The highest BCUT2D eigenvalue weighted by Gasteiger charge is 2.27. The first-order valence-electron chi connectivity index (χ1n) is 5.37. The molecule has 0 amide bonds. The summed E-state index contributed by atoms with van der Waals surface area (Å²) in [5, 5.41) is 14.0. The van der Waals surface area contributed by atoms with Gasteiger partial charge in [-0.15, -0.1) is 11.3 Å². The Morgan fingerprint density at radius 3 is 2.71 bits per heavy atom. The minimum absolute atomic E-state index is 0.481.